The molecule has 2 rings (SSSR count). The molecule has 1 aromatic rings. The van der Waals surface area contributed by atoms with Crippen molar-refractivity contribution in [3.05, 3.63) is 16.9 Å². The van der Waals surface area contributed by atoms with Crippen LogP contribution in [0.5, 0.6) is 0 Å². The van der Waals surface area contributed by atoms with E-state index in [1.807, 2.05) is 0 Å². The van der Waals surface area contributed by atoms with Crippen LogP contribution in [0, 0.1) is 0 Å². The Kier molecular flexibility index (Phi) is 3.27. The third-order valence-corrected chi connectivity index (χ3v) is 3.21. The molecular formula is C8H6ClF3N2OS. The molecule has 3 nitrogen and oxygen atoms in total. The molecule has 0 spiro atoms. The van der Waals surface area contributed by atoms with Crippen LogP contribution < -0.4 is 0 Å². The number of alkyl halides is 3. The number of aromatic nitrogens is 2. The molecule has 0 unspecified atom stereocenters. The average Bonchev–Trinajstić information content (AvgIpc) is 2.09. The molecule has 8 heteroatoms. The maximum atomic E-state index is 12.3. The fourth-order valence-electron chi connectivity index (χ4n) is 1.02. The van der Waals surface area contributed by atoms with Crippen molar-refractivity contribution in [3.63, 3.8) is 0 Å². The van der Waals surface area contributed by atoms with Crippen LogP contribution >= 0.6 is 23.4 Å². The van der Waals surface area contributed by atoms with Crippen LogP contribution in [0.4, 0.5) is 13.2 Å². The zero-order valence-electron chi connectivity index (χ0n) is 7.79. The first-order chi connectivity index (χ1) is 7.47. The van der Waals surface area contributed by atoms with Crippen molar-refractivity contribution in [1.82, 2.24) is 9.97 Å². The molecule has 0 N–H and O–H groups in total. The molecule has 1 fully saturated rings. The lowest BCUT2D eigenvalue weighted by molar-refractivity contribution is -0.138. The van der Waals surface area contributed by atoms with Crippen LogP contribution in [0.15, 0.2) is 11.4 Å². The van der Waals surface area contributed by atoms with Gasteiger partial charge in [0.2, 0.25) is 0 Å². The van der Waals surface area contributed by atoms with Gasteiger partial charge in [-0.1, -0.05) is 23.4 Å². The molecule has 0 saturated carbocycles. The van der Waals surface area contributed by atoms with Crippen LogP contribution in [0.3, 0.4) is 0 Å². The molecule has 0 aliphatic carbocycles. The monoisotopic (exact) mass is 270 g/mol. The molecule has 0 aromatic carbocycles. The van der Waals surface area contributed by atoms with Gasteiger partial charge in [-0.3, -0.25) is 0 Å². The maximum absolute atomic E-state index is 12.3. The van der Waals surface area contributed by atoms with E-state index in [0.29, 0.717) is 19.4 Å². The van der Waals surface area contributed by atoms with Gasteiger partial charge in [-0.15, -0.1) is 0 Å². The van der Waals surface area contributed by atoms with Gasteiger partial charge in [0, 0.05) is 6.20 Å². The third kappa shape index (κ3) is 2.58. The quantitative estimate of drug-likeness (QED) is 0.611. The number of halogens is 4. The summed E-state index contributed by atoms with van der Waals surface area (Å²) in [5.74, 6) is 0. The summed E-state index contributed by atoms with van der Waals surface area (Å²) in [6.45, 7) is 1.12. The van der Waals surface area contributed by atoms with Crippen LogP contribution in [0.1, 0.15) is 5.56 Å². The van der Waals surface area contributed by atoms with E-state index >= 15 is 0 Å². The summed E-state index contributed by atoms with van der Waals surface area (Å²) in [5, 5.41) is -0.121. The number of hydrogen-bond donors (Lipinski definition) is 0. The van der Waals surface area contributed by atoms with Gasteiger partial charge in [0.1, 0.15) is 10.7 Å². The minimum atomic E-state index is -4.51. The number of nitrogens with zero attached hydrogens (tertiary/aromatic N) is 2. The maximum Gasteiger partial charge on any atom is 0.420 e. The van der Waals surface area contributed by atoms with Gasteiger partial charge in [0.15, 0.2) is 5.16 Å². The summed E-state index contributed by atoms with van der Waals surface area (Å²) in [6.07, 6.45) is -3.81. The highest BCUT2D eigenvalue weighted by Crippen LogP contribution is 2.34. The molecule has 0 bridgehead atoms. The summed E-state index contributed by atoms with van der Waals surface area (Å²) in [6, 6.07) is 0. The Morgan fingerprint density at radius 3 is 2.56 bits per heavy atom. The Hall–Kier alpha value is -0.530. The largest absolute Gasteiger partial charge is 0.420 e. The minimum Gasteiger partial charge on any atom is -0.379 e. The second-order valence-electron chi connectivity index (χ2n) is 3.13. The van der Waals surface area contributed by atoms with Crippen LogP contribution in [0.25, 0.3) is 0 Å². The first-order valence-corrected chi connectivity index (χ1v) is 5.56. The normalized spacial score (nSPS) is 17.2. The highest BCUT2D eigenvalue weighted by Gasteiger charge is 2.35. The first kappa shape index (κ1) is 11.9. The van der Waals surface area contributed by atoms with Gasteiger partial charge in [-0.25, -0.2) is 9.97 Å². The summed E-state index contributed by atoms with van der Waals surface area (Å²) in [5.41, 5.74) is -1.01. The van der Waals surface area contributed by atoms with E-state index in [4.69, 9.17) is 16.3 Å². The molecule has 1 aliphatic heterocycles. The van der Waals surface area contributed by atoms with E-state index in [-0.39, 0.29) is 10.4 Å². The first-order valence-electron chi connectivity index (χ1n) is 4.31. The number of hydrogen-bond acceptors (Lipinski definition) is 4. The smallest absolute Gasteiger partial charge is 0.379 e. The second-order valence-corrected chi connectivity index (χ2v) is 4.76. The van der Waals surface area contributed by atoms with Gasteiger partial charge in [-0.2, -0.15) is 13.2 Å². The van der Waals surface area contributed by atoms with E-state index in [1.54, 1.807) is 0 Å². The van der Waals surface area contributed by atoms with Crippen molar-refractivity contribution < 1.29 is 17.9 Å². The summed E-state index contributed by atoms with van der Waals surface area (Å²) >= 11 is 6.71. The SMILES string of the molecule is FC(F)(F)c1cnc(SC2COC2)nc1Cl. The molecule has 2 heterocycles. The molecule has 1 saturated heterocycles. The van der Waals surface area contributed by atoms with Crippen molar-refractivity contribution in [2.75, 3.05) is 13.2 Å². The highest BCUT2D eigenvalue weighted by atomic mass is 35.5. The van der Waals surface area contributed by atoms with Crippen molar-refractivity contribution >= 4 is 23.4 Å². The van der Waals surface area contributed by atoms with Crippen LogP contribution in [0.2, 0.25) is 5.15 Å². The molecule has 16 heavy (non-hydrogen) atoms. The molecule has 0 atom stereocenters. The van der Waals surface area contributed by atoms with Gasteiger partial charge in [0.25, 0.3) is 0 Å². The highest BCUT2D eigenvalue weighted by molar-refractivity contribution is 7.99. The van der Waals surface area contributed by atoms with Gasteiger partial charge < -0.3 is 4.74 Å². The molecule has 0 amide bonds. The number of rotatable bonds is 2. The zero-order valence-corrected chi connectivity index (χ0v) is 9.36. The average molecular weight is 271 g/mol. The van der Waals surface area contributed by atoms with Gasteiger partial charge in [-0.05, 0) is 0 Å². The standard InChI is InChI=1S/C8H6ClF3N2OS/c9-6-5(8(10,11)12)1-13-7(14-6)16-4-2-15-3-4/h1,4H,2-3H2. The van der Waals surface area contributed by atoms with Crippen molar-refractivity contribution in [2.24, 2.45) is 0 Å². The van der Waals surface area contributed by atoms with E-state index in [1.165, 1.54) is 11.8 Å². The lowest BCUT2D eigenvalue weighted by Gasteiger charge is -2.24. The lowest BCUT2D eigenvalue weighted by Crippen LogP contribution is -2.30. The van der Waals surface area contributed by atoms with E-state index in [0.717, 1.165) is 0 Å². The topological polar surface area (TPSA) is 35.0 Å². The summed E-state index contributed by atoms with van der Waals surface area (Å²) in [7, 11) is 0. The second kappa shape index (κ2) is 4.38. The molecule has 1 aromatic heterocycles. The van der Waals surface area contributed by atoms with E-state index in [2.05, 4.69) is 9.97 Å². The van der Waals surface area contributed by atoms with Crippen LogP contribution in [-0.4, -0.2) is 28.4 Å². The Balaban J connectivity index is 2.15. The molecule has 88 valence electrons. The fraction of sp³-hybridized carbons (Fsp3) is 0.500. The van der Waals surface area contributed by atoms with Crippen molar-refractivity contribution in [1.29, 1.82) is 0 Å². The fourth-order valence-corrected chi connectivity index (χ4v) is 2.19. The zero-order chi connectivity index (χ0) is 11.8. The molecule has 1 aliphatic rings. The Labute approximate surface area is 98.4 Å². The lowest BCUT2D eigenvalue weighted by atomic mass is 10.3. The Morgan fingerprint density at radius 1 is 1.44 bits per heavy atom. The third-order valence-electron chi connectivity index (χ3n) is 1.91. The summed E-state index contributed by atoms with van der Waals surface area (Å²) < 4.78 is 41.9. The predicted molar refractivity (Wildman–Crippen MR) is 52.5 cm³/mol. The van der Waals surface area contributed by atoms with E-state index in [9.17, 15) is 13.2 Å². The van der Waals surface area contributed by atoms with Gasteiger partial charge in [0.05, 0.1) is 18.5 Å². The van der Waals surface area contributed by atoms with Crippen molar-refractivity contribution in [2.45, 2.75) is 16.6 Å². The van der Waals surface area contributed by atoms with Crippen molar-refractivity contribution in [3.8, 4) is 0 Å². The molecule has 0 radical (unpaired) electrons. The number of ether oxygens (including phenoxy) is 1. The predicted octanol–water partition coefficient (Wildman–Crippen LogP) is 2.64. The van der Waals surface area contributed by atoms with Crippen LogP contribution in [-0.2, 0) is 10.9 Å². The van der Waals surface area contributed by atoms with E-state index < -0.39 is 16.9 Å². The number of thioether (sulfide) groups is 1. The summed E-state index contributed by atoms with van der Waals surface area (Å²) in [4.78, 5) is 7.22. The van der Waals surface area contributed by atoms with Gasteiger partial charge >= 0.3 is 6.18 Å². The Morgan fingerprint density at radius 2 is 2.12 bits per heavy atom. The molecular weight excluding hydrogens is 265 g/mol. The Bertz CT molecular complexity index is 397. The minimum absolute atomic E-state index is 0.202.